The molecule has 0 aliphatic heterocycles. The number of Topliss-reactive ketones (excluding diaryl/α,β-unsaturated/α-hetero) is 1. The van der Waals surface area contributed by atoms with E-state index in [4.69, 9.17) is 0 Å². The van der Waals surface area contributed by atoms with Gasteiger partial charge in [-0.1, -0.05) is 29.5 Å². The van der Waals surface area contributed by atoms with Crippen LogP contribution in [-0.4, -0.2) is 20.6 Å². The van der Waals surface area contributed by atoms with Gasteiger partial charge in [-0.15, -0.1) is 0 Å². The SMILES string of the molecule is Cc1ccc(C)c(C(=O)[C@H](C)Sc2nccn2C)c1. The van der Waals surface area contributed by atoms with Crippen LogP contribution in [0, 0.1) is 13.8 Å². The molecule has 0 amide bonds. The summed E-state index contributed by atoms with van der Waals surface area (Å²) in [5, 5.41) is 0.729. The van der Waals surface area contributed by atoms with Gasteiger partial charge in [0.25, 0.3) is 0 Å². The van der Waals surface area contributed by atoms with Crippen LogP contribution in [-0.2, 0) is 7.05 Å². The van der Waals surface area contributed by atoms with E-state index in [1.165, 1.54) is 11.8 Å². The fourth-order valence-electron chi connectivity index (χ4n) is 1.90. The lowest BCUT2D eigenvalue weighted by atomic mass is 10.0. The number of nitrogens with zero attached hydrogens (tertiary/aromatic N) is 2. The van der Waals surface area contributed by atoms with Crippen LogP contribution >= 0.6 is 11.8 Å². The largest absolute Gasteiger partial charge is 0.329 e. The second-order valence-electron chi connectivity index (χ2n) is 4.76. The first-order valence-corrected chi connectivity index (χ1v) is 7.12. The minimum atomic E-state index is -0.137. The van der Waals surface area contributed by atoms with Crippen LogP contribution in [0.3, 0.4) is 0 Å². The molecule has 0 N–H and O–H groups in total. The number of aryl methyl sites for hydroxylation is 3. The third-order valence-corrected chi connectivity index (χ3v) is 4.26. The molecule has 2 rings (SSSR count). The monoisotopic (exact) mass is 274 g/mol. The summed E-state index contributed by atoms with van der Waals surface area (Å²) in [4.78, 5) is 16.7. The zero-order valence-electron chi connectivity index (χ0n) is 11.7. The fourth-order valence-corrected chi connectivity index (χ4v) is 2.80. The smallest absolute Gasteiger partial charge is 0.176 e. The fraction of sp³-hybridized carbons (Fsp3) is 0.333. The Labute approximate surface area is 118 Å². The van der Waals surface area contributed by atoms with Gasteiger partial charge in [-0.3, -0.25) is 4.79 Å². The van der Waals surface area contributed by atoms with Crippen molar-refractivity contribution >= 4 is 17.5 Å². The number of rotatable bonds is 4. The highest BCUT2D eigenvalue weighted by Crippen LogP contribution is 2.25. The lowest BCUT2D eigenvalue weighted by Crippen LogP contribution is -2.15. The molecule has 3 nitrogen and oxygen atoms in total. The van der Waals surface area contributed by atoms with E-state index in [1.54, 1.807) is 6.20 Å². The van der Waals surface area contributed by atoms with E-state index in [0.29, 0.717) is 0 Å². The second kappa shape index (κ2) is 5.61. The average molecular weight is 274 g/mol. The number of benzene rings is 1. The van der Waals surface area contributed by atoms with Crippen LogP contribution in [0.15, 0.2) is 35.7 Å². The molecule has 1 aromatic carbocycles. The molecule has 0 bridgehead atoms. The van der Waals surface area contributed by atoms with Crippen molar-refractivity contribution in [2.24, 2.45) is 7.05 Å². The highest BCUT2D eigenvalue weighted by atomic mass is 32.2. The van der Waals surface area contributed by atoms with Crippen LogP contribution < -0.4 is 0 Å². The molecule has 0 aliphatic rings. The van der Waals surface area contributed by atoms with Crippen molar-refractivity contribution in [2.45, 2.75) is 31.2 Å². The lowest BCUT2D eigenvalue weighted by Gasteiger charge is -2.12. The van der Waals surface area contributed by atoms with Crippen LogP contribution in [0.1, 0.15) is 28.4 Å². The molecule has 0 aliphatic carbocycles. The predicted octanol–water partition coefficient (Wildman–Crippen LogP) is 3.40. The van der Waals surface area contributed by atoms with E-state index in [9.17, 15) is 4.79 Å². The predicted molar refractivity (Wildman–Crippen MR) is 78.8 cm³/mol. The summed E-state index contributed by atoms with van der Waals surface area (Å²) in [5.41, 5.74) is 2.96. The number of hydrogen-bond acceptors (Lipinski definition) is 3. The van der Waals surface area contributed by atoms with Crippen molar-refractivity contribution in [1.29, 1.82) is 0 Å². The normalized spacial score (nSPS) is 12.4. The summed E-state index contributed by atoms with van der Waals surface area (Å²) in [6, 6.07) is 6.00. The number of aromatic nitrogens is 2. The van der Waals surface area contributed by atoms with Gasteiger partial charge in [-0.25, -0.2) is 4.98 Å². The second-order valence-corrected chi connectivity index (χ2v) is 6.07. The molecule has 1 atom stereocenters. The van der Waals surface area contributed by atoms with E-state index in [-0.39, 0.29) is 11.0 Å². The highest BCUT2D eigenvalue weighted by molar-refractivity contribution is 8.00. The topological polar surface area (TPSA) is 34.9 Å². The van der Waals surface area contributed by atoms with E-state index >= 15 is 0 Å². The number of thioether (sulfide) groups is 1. The molecule has 1 heterocycles. The Balaban J connectivity index is 2.19. The first-order chi connectivity index (χ1) is 8.99. The summed E-state index contributed by atoms with van der Waals surface area (Å²) in [7, 11) is 1.93. The Morgan fingerprint density at radius 3 is 2.74 bits per heavy atom. The Kier molecular flexibility index (Phi) is 4.10. The third kappa shape index (κ3) is 3.07. The van der Waals surface area contributed by atoms with Gasteiger partial charge in [0.2, 0.25) is 0 Å². The Morgan fingerprint density at radius 1 is 1.37 bits per heavy atom. The summed E-state index contributed by atoms with van der Waals surface area (Å²) in [5.74, 6) is 0.161. The maximum Gasteiger partial charge on any atom is 0.176 e. The standard InChI is InChI=1S/C15H18N2OS/c1-10-5-6-11(2)13(9-10)14(18)12(3)19-15-16-7-8-17(15)4/h5-9,12H,1-4H3/t12-/m0/s1. The minimum Gasteiger partial charge on any atom is -0.329 e. The van der Waals surface area contributed by atoms with Crippen LogP contribution in [0.25, 0.3) is 0 Å². The van der Waals surface area contributed by atoms with Gasteiger partial charge in [-0.05, 0) is 32.4 Å². The molecular formula is C15H18N2OS. The molecule has 0 spiro atoms. The average Bonchev–Trinajstić information content (AvgIpc) is 2.77. The Hall–Kier alpha value is -1.55. The molecule has 1 aromatic heterocycles. The van der Waals surface area contributed by atoms with Crippen molar-refractivity contribution < 1.29 is 4.79 Å². The molecule has 19 heavy (non-hydrogen) atoms. The van der Waals surface area contributed by atoms with Crippen LogP contribution in [0.5, 0.6) is 0 Å². The third-order valence-electron chi connectivity index (χ3n) is 3.09. The van der Waals surface area contributed by atoms with Crippen LogP contribution in [0.2, 0.25) is 0 Å². The molecule has 0 saturated carbocycles. The lowest BCUT2D eigenvalue weighted by molar-refractivity contribution is 0.0993. The molecule has 2 aromatic rings. The van der Waals surface area contributed by atoms with Gasteiger partial charge >= 0.3 is 0 Å². The number of ketones is 1. The quantitative estimate of drug-likeness (QED) is 0.633. The van der Waals surface area contributed by atoms with Gasteiger partial charge < -0.3 is 4.57 Å². The highest BCUT2D eigenvalue weighted by Gasteiger charge is 2.19. The number of hydrogen-bond donors (Lipinski definition) is 0. The zero-order chi connectivity index (χ0) is 14.0. The molecule has 0 fully saturated rings. The molecule has 0 unspecified atom stereocenters. The molecule has 4 heteroatoms. The molecule has 100 valence electrons. The van der Waals surface area contributed by atoms with Crippen molar-refractivity contribution in [3.63, 3.8) is 0 Å². The number of carbonyl (C=O) groups is 1. The summed E-state index contributed by atoms with van der Waals surface area (Å²) in [6.07, 6.45) is 3.63. The van der Waals surface area contributed by atoms with E-state index in [0.717, 1.165) is 21.8 Å². The first-order valence-electron chi connectivity index (χ1n) is 6.24. The summed E-state index contributed by atoms with van der Waals surface area (Å²) in [6.45, 7) is 5.92. The maximum absolute atomic E-state index is 12.5. The maximum atomic E-state index is 12.5. The number of imidazole rings is 1. The van der Waals surface area contributed by atoms with Gasteiger partial charge in [0, 0.05) is 25.0 Å². The molecular weight excluding hydrogens is 256 g/mol. The molecule has 0 saturated heterocycles. The van der Waals surface area contributed by atoms with Gasteiger partial charge in [0.05, 0.1) is 5.25 Å². The Morgan fingerprint density at radius 2 is 2.11 bits per heavy atom. The van der Waals surface area contributed by atoms with Crippen LogP contribution in [0.4, 0.5) is 0 Å². The van der Waals surface area contributed by atoms with E-state index < -0.39 is 0 Å². The summed E-state index contributed by atoms with van der Waals surface area (Å²) < 4.78 is 1.93. The van der Waals surface area contributed by atoms with E-state index in [1.807, 2.05) is 56.8 Å². The van der Waals surface area contributed by atoms with E-state index in [2.05, 4.69) is 4.98 Å². The molecule has 0 radical (unpaired) electrons. The van der Waals surface area contributed by atoms with Crippen molar-refractivity contribution in [3.05, 3.63) is 47.3 Å². The van der Waals surface area contributed by atoms with Gasteiger partial charge in [-0.2, -0.15) is 0 Å². The Bertz CT molecular complexity index is 604. The number of carbonyl (C=O) groups excluding carboxylic acids is 1. The van der Waals surface area contributed by atoms with Crippen molar-refractivity contribution in [3.8, 4) is 0 Å². The van der Waals surface area contributed by atoms with Crippen molar-refractivity contribution in [2.75, 3.05) is 0 Å². The van der Waals surface area contributed by atoms with Crippen molar-refractivity contribution in [1.82, 2.24) is 9.55 Å². The summed E-state index contributed by atoms with van der Waals surface area (Å²) >= 11 is 1.50. The van der Waals surface area contributed by atoms with Gasteiger partial charge in [0.1, 0.15) is 0 Å². The van der Waals surface area contributed by atoms with Gasteiger partial charge in [0.15, 0.2) is 10.9 Å². The first kappa shape index (κ1) is 13.9. The minimum absolute atomic E-state index is 0.137. The zero-order valence-corrected chi connectivity index (χ0v) is 12.5.